The van der Waals surface area contributed by atoms with Gasteiger partial charge in [-0.3, -0.25) is 0 Å². The predicted molar refractivity (Wildman–Crippen MR) is 126 cm³/mol. The van der Waals surface area contributed by atoms with E-state index in [4.69, 9.17) is 17.3 Å². The Labute approximate surface area is 191 Å². The standard InChI is InChI=1S/C19H23ClN4O4S3/c1-19(12-31(27,28)23(2)18(21)22-19)17-15(20)11-16(29-17)13-4-3-5-14(10-13)24-6-8-30(25,26)9-7-24/h3-5,10-11H,6-9,12H2,1-2H3,(H2,21,22)/t19-/m0/s1. The fraction of sp³-hybridized carbons (Fsp3) is 0.421. The highest BCUT2D eigenvalue weighted by atomic mass is 35.5. The minimum absolute atomic E-state index is 0.0678. The van der Waals surface area contributed by atoms with Crippen molar-refractivity contribution >= 4 is 54.4 Å². The van der Waals surface area contributed by atoms with Crippen LogP contribution in [0, 0.1) is 0 Å². The Morgan fingerprint density at radius 3 is 2.48 bits per heavy atom. The lowest BCUT2D eigenvalue weighted by atomic mass is 10.0. The number of anilines is 1. The summed E-state index contributed by atoms with van der Waals surface area (Å²) in [5.74, 6) is 0.000667. The van der Waals surface area contributed by atoms with Crippen molar-refractivity contribution < 1.29 is 16.8 Å². The Hall–Kier alpha value is -1.82. The van der Waals surface area contributed by atoms with Crippen LogP contribution < -0.4 is 10.6 Å². The van der Waals surface area contributed by atoms with Gasteiger partial charge in [0, 0.05) is 30.7 Å². The average Bonchev–Trinajstić information content (AvgIpc) is 3.08. The molecule has 2 aromatic rings. The lowest BCUT2D eigenvalue weighted by Crippen LogP contribution is -2.50. The molecule has 1 aromatic heterocycles. The van der Waals surface area contributed by atoms with Crippen molar-refractivity contribution in [3.8, 4) is 10.4 Å². The second-order valence-electron chi connectivity index (χ2n) is 7.94. The lowest BCUT2D eigenvalue weighted by molar-refractivity contribution is 0.482. The maximum absolute atomic E-state index is 12.5. The van der Waals surface area contributed by atoms with Gasteiger partial charge in [0.05, 0.1) is 27.2 Å². The third kappa shape index (κ3) is 4.28. The van der Waals surface area contributed by atoms with E-state index in [1.54, 1.807) is 6.92 Å². The smallest absolute Gasteiger partial charge is 0.239 e. The highest BCUT2D eigenvalue weighted by molar-refractivity contribution is 7.91. The zero-order chi connectivity index (χ0) is 22.6. The van der Waals surface area contributed by atoms with Gasteiger partial charge >= 0.3 is 0 Å². The fourth-order valence-electron chi connectivity index (χ4n) is 3.77. The Balaban J connectivity index is 1.67. The van der Waals surface area contributed by atoms with Crippen molar-refractivity contribution in [2.24, 2.45) is 10.7 Å². The summed E-state index contributed by atoms with van der Waals surface area (Å²) in [7, 11) is -5.18. The SMILES string of the molecule is CN1C(N)=N[C@](C)(c2sc(-c3cccc(N4CCS(=O)(=O)CC4)c3)cc2Cl)CS1(=O)=O. The van der Waals surface area contributed by atoms with Gasteiger partial charge in [-0.2, -0.15) is 0 Å². The molecular formula is C19H23ClN4O4S3. The molecule has 31 heavy (non-hydrogen) atoms. The van der Waals surface area contributed by atoms with Crippen molar-refractivity contribution in [2.75, 3.05) is 42.3 Å². The number of guanidine groups is 1. The number of benzene rings is 1. The van der Waals surface area contributed by atoms with E-state index in [1.165, 1.54) is 18.4 Å². The van der Waals surface area contributed by atoms with Gasteiger partial charge in [0.2, 0.25) is 16.0 Å². The molecule has 0 aliphatic carbocycles. The van der Waals surface area contributed by atoms with Gasteiger partial charge in [-0.15, -0.1) is 11.3 Å². The van der Waals surface area contributed by atoms with E-state index >= 15 is 0 Å². The van der Waals surface area contributed by atoms with Gasteiger partial charge in [0.25, 0.3) is 0 Å². The number of sulfone groups is 1. The minimum atomic E-state index is -3.60. The van der Waals surface area contributed by atoms with E-state index in [0.29, 0.717) is 23.0 Å². The number of hydrogen-bond donors (Lipinski definition) is 1. The van der Waals surface area contributed by atoms with E-state index in [0.717, 1.165) is 20.4 Å². The second kappa shape index (κ2) is 7.65. The quantitative estimate of drug-likeness (QED) is 0.687. The first-order valence-electron chi connectivity index (χ1n) is 9.58. The van der Waals surface area contributed by atoms with Crippen molar-refractivity contribution in [1.29, 1.82) is 0 Å². The van der Waals surface area contributed by atoms with Crippen LogP contribution >= 0.6 is 22.9 Å². The summed E-state index contributed by atoms with van der Waals surface area (Å²) in [6, 6.07) is 9.62. The molecule has 2 N–H and O–H groups in total. The molecule has 1 saturated heterocycles. The van der Waals surface area contributed by atoms with Gasteiger partial charge in [0.1, 0.15) is 5.54 Å². The number of rotatable bonds is 3. The molecule has 3 heterocycles. The molecule has 1 fully saturated rings. The first-order valence-corrected chi connectivity index (χ1v) is 14.2. The van der Waals surface area contributed by atoms with Gasteiger partial charge < -0.3 is 10.6 Å². The Morgan fingerprint density at radius 2 is 1.84 bits per heavy atom. The molecule has 0 radical (unpaired) electrons. The molecule has 0 saturated carbocycles. The zero-order valence-corrected chi connectivity index (χ0v) is 20.3. The monoisotopic (exact) mass is 502 g/mol. The van der Waals surface area contributed by atoms with Crippen molar-refractivity contribution in [1.82, 2.24) is 4.31 Å². The number of halogens is 1. The van der Waals surface area contributed by atoms with Crippen LogP contribution in [0.15, 0.2) is 35.3 Å². The molecule has 0 spiro atoms. The van der Waals surface area contributed by atoms with Gasteiger partial charge in [-0.1, -0.05) is 23.7 Å². The largest absolute Gasteiger partial charge is 0.369 e. The number of nitrogens with two attached hydrogens (primary N) is 1. The molecule has 1 aromatic carbocycles. The number of sulfonamides is 1. The summed E-state index contributed by atoms with van der Waals surface area (Å²) in [6.45, 7) is 2.63. The molecular weight excluding hydrogens is 480 g/mol. The third-order valence-electron chi connectivity index (χ3n) is 5.58. The van der Waals surface area contributed by atoms with Crippen LogP contribution in [0.5, 0.6) is 0 Å². The maximum atomic E-state index is 12.5. The maximum Gasteiger partial charge on any atom is 0.239 e. The molecule has 168 valence electrons. The molecule has 12 heteroatoms. The summed E-state index contributed by atoms with van der Waals surface area (Å²) in [6.07, 6.45) is 0. The summed E-state index contributed by atoms with van der Waals surface area (Å²) in [5.41, 5.74) is 6.65. The molecule has 0 unspecified atom stereocenters. The Bertz CT molecular complexity index is 1260. The zero-order valence-electron chi connectivity index (χ0n) is 17.1. The van der Waals surface area contributed by atoms with E-state index in [9.17, 15) is 16.8 Å². The van der Waals surface area contributed by atoms with E-state index in [-0.39, 0.29) is 23.2 Å². The Morgan fingerprint density at radius 1 is 1.16 bits per heavy atom. The number of hydrogen-bond acceptors (Lipinski definition) is 8. The number of aliphatic imine (C=N–C) groups is 1. The molecule has 2 aliphatic heterocycles. The van der Waals surface area contributed by atoms with E-state index < -0.39 is 25.4 Å². The van der Waals surface area contributed by atoms with Crippen LogP contribution in [0.3, 0.4) is 0 Å². The predicted octanol–water partition coefficient (Wildman–Crippen LogP) is 2.11. The van der Waals surface area contributed by atoms with Crippen molar-refractivity contribution in [3.63, 3.8) is 0 Å². The fourth-order valence-corrected chi connectivity index (χ4v) is 8.13. The molecule has 4 rings (SSSR count). The van der Waals surface area contributed by atoms with Crippen molar-refractivity contribution in [2.45, 2.75) is 12.5 Å². The van der Waals surface area contributed by atoms with Crippen molar-refractivity contribution in [3.05, 3.63) is 40.2 Å². The molecule has 2 aliphatic rings. The lowest BCUT2D eigenvalue weighted by Gasteiger charge is -2.33. The van der Waals surface area contributed by atoms with Crippen LogP contribution in [0.1, 0.15) is 11.8 Å². The number of thiophene rings is 1. The molecule has 8 nitrogen and oxygen atoms in total. The summed E-state index contributed by atoms with van der Waals surface area (Å²) < 4.78 is 49.5. The van der Waals surface area contributed by atoms with Crippen LogP contribution in [-0.2, 0) is 25.4 Å². The first-order chi connectivity index (χ1) is 14.4. The Kier molecular flexibility index (Phi) is 5.52. The normalized spacial score (nSPS) is 25.3. The van der Waals surface area contributed by atoms with Crippen LogP contribution in [-0.4, -0.2) is 64.5 Å². The minimum Gasteiger partial charge on any atom is -0.369 e. The molecule has 1 atom stereocenters. The third-order valence-corrected chi connectivity index (χ3v) is 11.0. The van der Waals surface area contributed by atoms with E-state index in [2.05, 4.69) is 9.89 Å². The highest BCUT2D eigenvalue weighted by Crippen LogP contribution is 2.44. The average molecular weight is 503 g/mol. The first kappa shape index (κ1) is 22.4. The van der Waals surface area contributed by atoms with Crippen LogP contribution in [0.2, 0.25) is 5.02 Å². The molecule has 0 bridgehead atoms. The topological polar surface area (TPSA) is 113 Å². The van der Waals surface area contributed by atoms with Gasteiger partial charge in [-0.25, -0.2) is 26.1 Å². The van der Waals surface area contributed by atoms with E-state index in [1.807, 2.05) is 30.3 Å². The number of nitrogens with zero attached hydrogens (tertiary/aromatic N) is 3. The molecule has 0 amide bonds. The summed E-state index contributed by atoms with van der Waals surface area (Å²) in [5, 5.41) is 0.438. The summed E-state index contributed by atoms with van der Waals surface area (Å²) >= 11 is 7.91. The van der Waals surface area contributed by atoms with Crippen LogP contribution in [0.4, 0.5) is 5.69 Å². The summed E-state index contributed by atoms with van der Waals surface area (Å²) in [4.78, 5) is 8.00. The highest BCUT2D eigenvalue weighted by Gasteiger charge is 2.42. The second-order valence-corrected chi connectivity index (χ2v) is 13.7. The van der Waals surface area contributed by atoms with Gasteiger partial charge in [-0.05, 0) is 30.7 Å². The van der Waals surface area contributed by atoms with Gasteiger partial charge in [0.15, 0.2) is 9.84 Å². The van der Waals surface area contributed by atoms with Crippen LogP contribution in [0.25, 0.3) is 10.4 Å².